The predicted octanol–water partition coefficient (Wildman–Crippen LogP) is 3.05. The molecule has 1 atom stereocenters. The van der Waals surface area contributed by atoms with E-state index in [2.05, 4.69) is 21.2 Å². The molecule has 2 aromatic rings. The molecule has 2 aromatic carbocycles. The lowest BCUT2D eigenvalue weighted by atomic mass is 10.1. The average molecular weight is 426 g/mol. The van der Waals surface area contributed by atoms with E-state index in [0.717, 1.165) is 44.2 Å². The topological polar surface area (TPSA) is 71.1 Å². The molecule has 0 unspecified atom stereocenters. The molecule has 1 aliphatic rings. The van der Waals surface area contributed by atoms with Crippen LogP contribution in [0.3, 0.4) is 0 Å². The molecule has 0 spiro atoms. The fourth-order valence-corrected chi connectivity index (χ4v) is 3.77. The molecule has 1 fully saturated rings. The third-order valence-corrected chi connectivity index (χ3v) is 5.72. The molecule has 0 bridgehead atoms. The summed E-state index contributed by atoms with van der Waals surface area (Å²) in [5.74, 6) is 1.38. The van der Waals surface area contributed by atoms with Crippen molar-refractivity contribution in [2.24, 2.45) is 0 Å². The van der Waals surface area contributed by atoms with E-state index in [9.17, 15) is 9.59 Å². The summed E-state index contributed by atoms with van der Waals surface area (Å²) in [4.78, 5) is 28.8. The minimum atomic E-state index is -0.246. The van der Waals surface area contributed by atoms with Crippen LogP contribution in [0.4, 0.5) is 5.69 Å². The van der Waals surface area contributed by atoms with Gasteiger partial charge in [0.05, 0.1) is 20.3 Å². The SMILES string of the molecule is COc1ccc(CN2CCN([C@@H](C)C(=O)Nc3cccc(C(C)=O)c3)CC2)cc1OC. The van der Waals surface area contributed by atoms with Gasteiger partial charge in [-0.3, -0.25) is 19.4 Å². The third-order valence-electron chi connectivity index (χ3n) is 5.72. The Kier molecular flexibility index (Phi) is 7.65. The third kappa shape index (κ3) is 5.83. The molecule has 166 valence electrons. The van der Waals surface area contributed by atoms with Gasteiger partial charge < -0.3 is 14.8 Å². The zero-order valence-electron chi connectivity index (χ0n) is 18.7. The number of nitrogens with zero attached hydrogens (tertiary/aromatic N) is 2. The molecular weight excluding hydrogens is 394 g/mol. The predicted molar refractivity (Wildman–Crippen MR) is 121 cm³/mol. The molecule has 1 aliphatic heterocycles. The first-order valence-electron chi connectivity index (χ1n) is 10.5. The van der Waals surface area contributed by atoms with E-state index >= 15 is 0 Å². The van der Waals surface area contributed by atoms with Crippen LogP contribution in [-0.4, -0.2) is 67.9 Å². The summed E-state index contributed by atoms with van der Waals surface area (Å²) >= 11 is 0. The number of nitrogens with one attached hydrogen (secondary N) is 1. The number of ketones is 1. The van der Waals surface area contributed by atoms with E-state index in [-0.39, 0.29) is 17.7 Å². The summed E-state index contributed by atoms with van der Waals surface area (Å²) in [6.45, 7) is 7.66. The van der Waals surface area contributed by atoms with Crippen LogP contribution in [0.5, 0.6) is 11.5 Å². The van der Waals surface area contributed by atoms with Crippen molar-refractivity contribution in [3.05, 3.63) is 53.6 Å². The number of anilines is 1. The Bertz CT molecular complexity index is 923. The van der Waals surface area contributed by atoms with Gasteiger partial charge in [-0.2, -0.15) is 0 Å². The maximum atomic E-state index is 12.7. The van der Waals surface area contributed by atoms with Crippen molar-refractivity contribution >= 4 is 17.4 Å². The summed E-state index contributed by atoms with van der Waals surface area (Å²) < 4.78 is 10.7. The Morgan fingerprint density at radius 1 is 1.00 bits per heavy atom. The monoisotopic (exact) mass is 425 g/mol. The maximum absolute atomic E-state index is 12.7. The maximum Gasteiger partial charge on any atom is 0.241 e. The molecule has 1 N–H and O–H groups in total. The highest BCUT2D eigenvalue weighted by Crippen LogP contribution is 2.28. The van der Waals surface area contributed by atoms with Gasteiger partial charge in [0.25, 0.3) is 0 Å². The molecule has 31 heavy (non-hydrogen) atoms. The summed E-state index contributed by atoms with van der Waals surface area (Å²) in [6, 6.07) is 12.8. The van der Waals surface area contributed by atoms with Crippen LogP contribution in [0, 0.1) is 0 Å². The van der Waals surface area contributed by atoms with E-state index in [1.807, 2.05) is 19.1 Å². The zero-order chi connectivity index (χ0) is 22.4. The molecule has 1 amide bonds. The van der Waals surface area contributed by atoms with Gasteiger partial charge in [-0.1, -0.05) is 18.2 Å². The first-order valence-corrected chi connectivity index (χ1v) is 10.5. The number of amides is 1. The largest absolute Gasteiger partial charge is 0.493 e. The molecule has 1 heterocycles. The van der Waals surface area contributed by atoms with Gasteiger partial charge in [0.2, 0.25) is 5.91 Å². The van der Waals surface area contributed by atoms with Gasteiger partial charge in [0.15, 0.2) is 17.3 Å². The second-order valence-corrected chi connectivity index (χ2v) is 7.80. The smallest absolute Gasteiger partial charge is 0.241 e. The normalized spacial score (nSPS) is 15.9. The summed E-state index contributed by atoms with van der Waals surface area (Å²) in [5.41, 5.74) is 2.41. The molecule has 3 rings (SSSR count). The Labute approximate surface area is 183 Å². The van der Waals surface area contributed by atoms with Crippen molar-refractivity contribution in [3.63, 3.8) is 0 Å². The number of Topliss-reactive ketones (excluding diaryl/α,β-unsaturated/α-hetero) is 1. The number of ether oxygens (including phenoxy) is 2. The van der Waals surface area contributed by atoms with Gasteiger partial charge in [0.1, 0.15) is 0 Å². The van der Waals surface area contributed by atoms with E-state index in [1.54, 1.807) is 38.5 Å². The summed E-state index contributed by atoms with van der Waals surface area (Å²) in [6.07, 6.45) is 0. The fourth-order valence-electron chi connectivity index (χ4n) is 3.77. The quantitative estimate of drug-likeness (QED) is 0.656. The van der Waals surface area contributed by atoms with Crippen LogP contribution in [0.2, 0.25) is 0 Å². The van der Waals surface area contributed by atoms with Crippen LogP contribution in [0.1, 0.15) is 29.8 Å². The Hall–Kier alpha value is -2.90. The van der Waals surface area contributed by atoms with Crippen molar-refractivity contribution < 1.29 is 19.1 Å². The van der Waals surface area contributed by atoms with Crippen LogP contribution >= 0.6 is 0 Å². The number of hydrogen-bond donors (Lipinski definition) is 1. The number of carbonyl (C=O) groups is 2. The second-order valence-electron chi connectivity index (χ2n) is 7.80. The van der Waals surface area contributed by atoms with Gasteiger partial charge in [0, 0.05) is 44.0 Å². The lowest BCUT2D eigenvalue weighted by Gasteiger charge is -2.37. The average Bonchev–Trinajstić information content (AvgIpc) is 2.79. The van der Waals surface area contributed by atoms with Crippen LogP contribution in [0.25, 0.3) is 0 Å². The molecule has 1 saturated heterocycles. The number of piperazine rings is 1. The van der Waals surface area contributed by atoms with Crippen molar-refractivity contribution in [3.8, 4) is 11.5 Å². The highest BCUT2D eigenvalue weighted by Gasteiger charge is 2.26. The molecule has 0 aliphatic carbocycles. The number of methoxy groups -OCH3 is 2. The molecule has 0 saturated carbocycles. The first kappa shape index (κ1) is 22.8. The van der Waals surface area contributed by atoms with Crippen molar-refractivity contribution in [1.29, 1.82) is 0 Å². The molecule has 0 aromatic heterocycles. The molecular formula is C24H31N3O4. The van der Waals surface area contributed by atoms with Crippen molar-refractivity contribution in [1.82, 2.24) is 9.80 Å². The van der Waals surface area contributed by atoms with Gasteiger partial charge in [-0.05, 0) is 43.7 Å². The fraction of sp³-hybridized carbons (Fsp3) is 0.417. The molecule has 0 radical (unpaired) electrons. The zero-order valence-corrected chi connectivity index (χ0v) is 18.7. The minimum absolute atomic E-state index is 0.0188. The lowest BCUT2D eigenvalue weighted by molar-refractivity contribution is -0.121. The Morgan fingerprint density at radius 2 is 1.71 bits per heavy atom. The Balaban J connectivity index is 1.52. The van der Waals surface area contributed by atoms with Gasteiger partial charge >= 0.3 is 0 Å². The standard InChI is InChI=1S/C24H31N3O4/c1-17(24(29)25-21-7-5-6-20(15-21)18(2)28)27-12-10-26(11-13-27)16-19-8-9-22(30-3)23(14-19)31-4/h5-9,14-15,17H,10-13,16H2,1-4H3,(H,25,29)/t17-/m0/s1. The molecule has 7 heteroatoms. The summed E-state index contributed by atoms with van der Waals surface area (Å²) in [5, 5.41) is 2.94. The van der Waals surface area contributed by atoms with Crippen molar-refractivity contribution in [2.75, 3.05) is 45.7 Å². The van der Waals surface area contributed by atoms with E-state index in [1.165, 1.54) is 12.5 Å². The van der Waals surface area contributed by atoms with Crippen LogP contribution in [0.15, 0.2) is 42.5 Å². The highest BCUT2D eigenvalue weighted by atomic mass is 16.5. The van der Waals surface area contributed by atoms with Gasteiger partial charge in [-0.15, -0.1) is 0 Å². The minimum Gasteiger partial charge on any atom is -0.493 e. The van der Waals surface area contributed by atoms with Crippen molar-refractivity contribution in [2.45, 2.75) is 26.4 Å². The Morgan fingerprint density at radius 3 is 2.35 bits per heavy atom. The van der Waals surface area contributed by atoms with E-state index in [4.69, 9.17) is 9.47 Å². The van der Waals surface area contributed by atoms with E-state index in [0.29, 0.717) is 11.3 Å². The molecule has 7 nitrogen and oxygen atoms in total. The number of hydrogen-bond acceptors (Lipinski definition) is 6. The van der Waals surface area contributed by atoms with Crippen LogP contribution < -0.4 is 14.8 Å². The number of carbonyl (C=O) groups excluding carboxylic acids is 2. The number of rotatable bonds is 8. The number of benzene rings is 2. The summed E-state index contributed by atoms with van der Waals surface area (Å²) in [7, 11) is 3.28. The second kappa shape index (κ2) is 10.4. The first-order chi connectivity index (χ1) is 14.9. The van der Waals surface area contributed by atoms with E-state index < -0.39 is 0 Å². The van der Waals surface area contributed by atoms with Gasteiger partial charge in [-0.25, -0.2) is 0 Å². The lowest BCUT2D eigenvalue weighted by Crippen LogP contribution is -2.52. The van der Waals surface area contributed by atoms with Crippen LogP contribution in [-0.2, 0) is 11.3 Å². The highest BCUT2D eigenvalue weighted by molar-refractivity contribution is 5.98.